The van der Waals surface area contributed by atoms with Crippen LogP contribution in [0.25, 0.3) is 0 Å². The van der Waals surface area contributed by atoms with E-state index in [0.717, 1.165) is 18.4 Å². The lowest BCUT2D eigenvalue weighted by Crippen LogP contribution is -2.66. The van der Waals surface area contributed by atoms with Gasteiger partial charge in [0.05, 0.1) is 0 Å². The van der Waals surface area contributed by atoms with Crippen molar-refractivity contribution in [1.82, 2.24) is 0 Å². The third kappa shape index (κ3) is 1.96. The number of Topliss-reactive ketones (excluding diaryl/α,β-unsaturated/α-hetero) is 2. The van der Waals surface area contributed by atoms with Crippen molar-refractivity contribution in [2.75, 3.05) is 0 Å². The van der Waals surface area contributed by atoms with E-state index in [-0.39, 0.29) is 47.4 Å². The molecule has 3 saturated carbocycles. The zero-order valence-electron chi connectivity index (χ0n) is 16.2. The fourth-order valence-electron chi connectivity index (χ4n) is 7.28. The van der Waals surface area contributed by atoms with E-state index in [4.69, 9.17) is 0 Å². The fourth-order valence-corrected chi connectivity index (χ4v) is 7.28. The normalized spacial score (nSPS) is 50.6. The van der Waals surface area contributed by atoms with Crippen molar-refractivity contribution in [3.05, 3.63) is 11.6 Å². The summed E-state index contributed by atoms with van der Waals surface area (Å²) in [6.45, 7) is 7.35. The van der Waals surface area contributed by atoms with Crippen LogP contribution in [0.3, 0.4) is 0 Å². The number of halogens is 1. The van der Waals surface area contributed by atoms with Crippen LogP contribution in [-0.2, 0) is 14.4 Å². The van der Waals surface area contributed by atoms with Crippen molar-refractivity contribution < 1.29 is 18.8 Å². The van der Waals surface area contributed by atoms with Gasteiger partial charge >= 0.3 is 0 Å². The third-order valence-electron chi connectivity index (χ3n) is 8.60. The Bertz CT molecular complexity index is 740. The van der Waals surface area contributed by atoms with E-state index < -0.39 is 16.5 Å². The average molecular weight is 360 g/mol. The number of carbonyl (C=O) groups excluding carboxylic acids is 3. The van der Waals surface area contributed by atoms with Gasteiger partial charge in [0.2, 0.25) is 0 Å². The molecule has 3 fully saturated rings. The Morgan fingerprint density at radius 3 is 2.50 bits per heavy atom. The number of hydrogen-bond acceptors (Lipinski definition) is 3. The van der Waals surface area contributed by atoms with Gasteiger partial charge in [0.1, 0.15) is 5.78 Å². The second-order valence-electron chi connectivity index (χ2n) is 9.82. The van der Waals surface area contributed by atoms with E-state index in [2.05, 4.69) is 0 Å². The number of rotatable bonds is 1. The molecular formula is C22H29FO3. The summed E-state index contributed by atoms with van der Waals surface area (Å²) in [4.78, 5) is 37.7. The molecule has 0 saturated heterocycles. The van der Waals surface area contributed by atoms with E-state index in [0.29, 0.717) is 19.3 Å². The van der Waals surface area contributed by atoms with Crippen LogP contribution in [0.4, 0.5) is 4.39 Å². The first-order valence-electron chi connectivity index (χ1n) is 10.0. The average Bonchev–Trinajstić information content (AvgIpc) is 2.88. The van der Waals surface area contributed by atoms with Gasteiger partial charge in [-0.15, -0.1) is 0 Å². The van der Waals surface area contributed by atoms with Crippen LogP contribution in [0, 0.1) is 34.5 Å². The highest BCUT2D eigenvalue weighted by molar-refractivity contribution is 5.96. The summed E-state index contributed by atoms with van der Waals surface area (Å²) in [7, 11) is 0. The van der Waals surface area contributed by atoms with Crippen molar-refractivity contribution in [3.8, 4) is 0 Å². The molecule has 0 amide bonds. The first kappa shape index (κ1) is 18.1. The topological polar surface area (TPSA) is 51.2 Å². The summed E-state index contributed by atoms with van der Waals surface area (Å²) in [6, 6.07) is 0. The van der Waals surface area contributed by atoms with Gasteiger partial charge in [-0.05, 0) is 56.4 Å². The van der Waals surface area contributed by atoms with Crippen LogP contribution < -0.4 is 0 Å². The van der Waals surface area contributed by atoms with Gasteiger partial charge in [-0.2, -0.15) is 0 Å². The van der Waals surface area contributed by atoms with Crippen molar-refractivity contribution in [2.24, 2.45) is 34.5 Å². The van der Waals surface area contributed by atoms with Crippen LogP contribution in [0.1, 0.15) is 66.2 Å². The molecule has 26 heavy (non-hydrogen) atoms. The third-order valence-corrected chi connectivity index (χ3v) is 8.60. The van der Waals surface area contributed by atoms with Crippen LogP contribution >= 0.6 is 0 Å². The summed E-state index contributed by atoms with van der Waals surface area (Å²) in [6.07, 6.45) is 5.08. The minimum absolute atomic E-state index is 0.0603. The minimum Gasteiger partial charge on any atom is -0.300 e. The van der Waals surface area contributed by atoms with Gasteiger partial charge in [0.25, 0.3) is 0 Å². The molecular weight excluding hydrogens is 331 g/mol. The Morgan fingerprint density at radius 1 is 1.15 bits per heavy atom. The predicted octanol–water partition coefficient (Wildman–Crippen LogP) is 4.24. The molecule has 3 nitrogen and oxygen atoms in total. The smallest absolute Gasteiger partial charge is 0.180 e. The first-order chi connectivity index (χ1) is 12.1. The molecule has 0 N–H and O–H groups in total. The minimum atomic E-state index is -1.90. The molecule has 4 rings (SSSR count). The standard InChI is InChI=1S/C22H29FO3/c1-12-10-21(4)14(9-18(12)25)5-6-17-16-8-7-15(13(2)24)20(16,3)11-19(26)22(17,21)23/h9,12,15-17H,5-8,10-11H2,1-4H3/t12?,15-,16+,17+,20-,21+,22+/m1/s1. The summed E-state index contributed by atoms with van der Waals surface area (Å²) < 4.78 is 16.8. The molecule has 0 aromatic rings. The van der Waals surface area contributed by atoms with Crippen molar-refractivity contribution >= 4 is 17.3 Å². The van der Waals surface area contributed by atoms with E-state index >= 15 is 4.39 Å². The Labute approximate surface area is 154 Å². The molecule has 0 bridgehead atoms. The molecule has 0 aromatic carbocycles. The zero-order chi connectivity index (χ0) is 19.1. The highest BCUT2D eigenvalue weighted by atomic mass is 19.1. The molecule has 142 valence electrons. The van der Waals surface area contributed by atoms with Gasteiger partial charge in [-0.3, -0.25) is 14.4 Å². The molecule has 4 aliphatic carbocycles. The van der Waals surface area contributed by atoms with Crippen LogP contribution in [0.15, 0.2) is 11.6 Å². The number of carbonyl (C=O) groups is 3. The lowest BCUT2D eigenvalue weighted by molar-refractivity contribution is -0.175. The highest BCUT2D eigenvalue weighted by Crippen LogP contribution is 2.68. The summed E-state index contributed by atoms with van der Waals surface area (Å²) in [5, 5.41) is 0. The van der Waals surface area contributed by atoms with Crippen molar-refractivity contribution in [2.45, 2.75) is 71.9 Å². The molecule has 1 unspecified atom stereocenters. The predicted molar refractivity (Wildman–Crippen MR) is 96.2 cm³/mol. The Morgan fingerprint density at radius 2 is 1.85 bits per heavy atom. The molecule has 4 aliphatic rings. The number of hydrogen-bond donors (Lipinski definition) is 0. The maximum absolute atomic E-state index is 16.8. The van der Waals surface area contributed by atoms with Gasteiger partial charge in [0, 0.05) is 29.6 Å². The maximum atomic E-state index is 16.8. The lowest BCUT2D eigenvalue weighted by Gasteiger charge is -2.60. The first-order valence-corrected chi connectivity index (χ1v) is 10.0. The molecule has 7 atom stereocenters. The van der Waals surface area contributed by atoms with E-state index in [1.165, 1.54) is 0 Å². The Kier molecular flexibility index (Phi) is 3.72. The molecule has 4 heteroatoms. The largest absolute Gasteiger partial charge is 0.300 e. The highest BCUT2D eigenvalue weighted by Gasteiger charge is 2.71. The van der Waals surface area contributed by atoms with Crippen LogP contribution in [-0.4, -0.2) is 23.0 Å². The Balaban J connectivity index is 1.81. The molecule has 0 heterocycles. The van der Waals surface area contributed by atoms with Crippen molar-refractivity contribution in [1.29, 1.82) is 0 Å². The summed E-state index contributed by atoms with van der Waals surface area (Å²) in [5.74, 6) is -0.767. The van der Waals surface area contributed by atoms with Crippen LogP contribution in [0.2, 0.25) is 0 Å². The second-order valence-corrected chi connectivity index (χ2v) is 9.82. The molecule has 0 spiro atoms. The van der Waals surface area contributed by atoms with Gasteiger partial charge in [0.15, 0.2) is 17.2 Å². The SMILES string of the molecule is CC(=O)[C@H]1CC[C@H]2[C@@H]3CCC4=CC(=O)C(C)C[C@]4(C)[C@@]3(F)C(=O)C[C@]12C. The van der Waals surface area contributed by atoms with E-state index in [9.17, 15) is 14.4 Å². The number of ketones is 3. The van der Waals surface area contributed by atoms with Gasteiger partial charge in [-0.1, -0.05) is 26.3 Å². The van der Waals surface area contributed by atoms with Crippen LogP contribution in [0.5, 0.6) is 0 Å². The Hall–Kier alpha value is -1.32. The van der Waals surface area contributed by atoms with Gasteiger partial charge in [-0.25, -0.2) is 4.39 Å². The second kappa shape index (κ2) is 5.36. The summed E-state index contributed by atoms with van der Waals surface area (Å²) in [5.41, 5.74) is -2.35. The molecule has 0 radical (unpaired) electrons. The number of fused-ring (bicyclic) bond motifs is 5. The zero-order valence-corrected chi connectivity index (χ0v) is 16.2. The fraction of sp³-hybridized carbons (Fsp3) is 0.773. The van der Waals surface area contributed by atoms with E-state index in [1.807, 2.05) is 20.8 Å². The summed E-state index contributed by atoms with van der Waals surface area (Å²) >= 11 is 0. The maximum Gasteiger partial charge on any atom is 0.180 e. The number of alkyl halides is 1. The quantitative estimate of drug-likeness (QED) is 0.703. The number of allylic oxidation sites excluding steroid dienone is 1. The van der Waals surface area contributed by atoms with Crippen molar-refractivity contribution in [3.63, 3.8) is 0 Å². The van der Waals surface area contributed by atoms with Gasteiger partial charge < -0.3 is 0 Å². The molecule has 0 aromatic heterocycles. The monoisotopic (exact) mass is 360 g/mol. The lowest BCUT2D eigenvalue weighted by atomic mass is 9.44. The molecule has 0 aliphatic heterocycles. The van der Waals surface area contributed by atoms with E-state index in [1.54, 1.807) is 13.0 Å².